The van der Waals surface area contributed by atoms with Crippen molar-refractivity contribution in [2.24, 2.45) is 0 Å². The summed E-state index contributed by atoms with van der Waals surface area (Å²) in [6.45, 7) is 0. The Morgan fingerprint density at radius 2 is 0.826 bits per heavy atom. The van der Waals surface area contributed by atoms with Crippen LogP contribution in [-0.2, 0) is 4.74 Å². The lowest BCUT2D eigenvalue weighted by Gasteiger charge is -2.28. The number of alkyl halides is 3. The van der Waals surface area contributed by atoms with Gasteiger partial charge in [-0.1, -0.05) is 164 Å². The van der Waals surface area contributed by atoms with E-state index in [1.165, 1.54) is 6.07 Å². The number of carbonyl (C=O) groups is 1. The van der Waals surface area contributed by atoms with Crippen LogP contribution in [0, 0.1) is 0 Å². The lowest BCUT2D eigenvalue weighted by molar-refractivity contribution is -0.207. The molecular weight excluding hydrogens is 619 g/mol. The van der Waals surface area contributed by atoms with E-state index in [9.17, 15) is 4.79 Å². The minimum atomic E-state index is -4.86. The van der Waals surface area contributed by atoms with E-state index in [4.69, 9.17) is 4.74 Å². The SMILES string of the molecule is O=C(O[C@H](c1ccccc1P(c1ccccc1)c1ccccc1)C(F)(F)F)c1ccccc1P(c1ccccc1)c1ccccc1. The molecule has 228 valence electrons. The Morgan fingerprint density at radius 3 is 1.26 bits per heavy atom. The summed E-state index contributed by atoms with van der Waals surface area (Å²) in [6, 6.07) is 51.7. The maximum absolute atomic E-state index is 15.1. The lowest BCUT2D eigenvalue weighted by atomic mass is 10.1. The first-order valence-electron chi connectivity index (χ1n) is 14.7. The molecule has 0 aliphatic heterocycles. The Balaban J connectivity index is 1.44. The van der Waals surface area contributed by atoms with Crippen LogP contribution >= 0.6 is 15.8 Å². The first-order chi connectivity index (χ1) is 22.4. The summed E-state index contributed by atoms with van der Waals surface area (Å²) in [5.41, 5.74) is 0.0365. The summed E-state index contributed by atoms with van der Waals surface area (Å²) >= 11 is 0. The van der Waals surface area contributed by atoms with Gasteiger partial charge in [-0.15, -0.1) is 0 Å². The van der Waals surface area contributed by atoms with E-state index in [-0.39, 0.29) is 11.1 Å². The lowest BCUT2D eigenvalue weighted by Crippen LogP contribution is -2.33. The minimum Gasteiger partial charge on any atom is -0.444 e. The fraction of sp³-hybridized carbons (Fsp3) is 0.0513. The molecular formula is C39H29F3O2P2. The van der Waals surface area contributed by atoms with Gasteiger partial charge < -0.3 is 4.74 Å². The predicted octanol–water partition coefficient (Wildman–Crippen LogP) is 7.66. The van der Waals surface area contributed by atoms with Crippen molar-refractivity contribution in [3.63, 3.8) is 0 Å². The van der Waals surface area contributed by atoms with E-state index in [2.05, 4.69) is 0 Å². The van der Waals surface area contributed by atoms with Crippen molar-refractivity contribution in [1.29, 1.82) is 0 Å². The van der Waals surface area contributed by atoms with E-state index in [0.717, 1.165) is 21.2 Å². The Labute approximate surface area is 269 Å². The van der Waals surface area contributed by atoms with E-state index in [1.807, 2.05) is 127 Å². The highest BCUT2D eigenvalue weighted by atomic mass is 31.1. The second-order valence-electron chi connectivity index (χ2n) is 10.4. The van der Waals surface area contributed by atoms with Crippen molar-refractivity contribution < 1.29 is 22.7 Å². The highest BCUT2D eigenvalue weighted by Crippen LogP contribution is 2.42. The molecule has 1 atom stereocenters. The van der Waals surface area contributed by atoms with Crippen LogP contribution in [-0.4, -0.2) is 12.1 Å². The Bertz CT molecular complexity index is 1800. The van der Waals surface area contributed by atoms with Gasteiger partial charge in [0, 0.05) is 5.56 Å². The van der Waals surface area contributed by atoms with Crippen LogP contribution in [0.15, 0.2) is 170 Å². The molecule has 0 aliphatic rings. The van der Waals surface area contributed by atoms with Gasteiger partial charge in [0.15, 0.2) is 0 Å². The Kier molecular flexibility index (Phi) is 9.73. The Hall–Kier alpha value is -4.56. The largest absolute Gasteiger partial charge is 0.444 e. The van der Waals surface area contributed by atoms with Crippen molar-refractivity contribution in [1.82, 2.24) is 0 Å². The van der Waals surface area contributed by atoms with Crippen LogP contribution < -0.4 is 31.8 Å². The van der Waals surface area contributed by atoms with Crippen LogP contribution in [0.1, 0.15) is 22.0 Å². The maximum Gasteiger partial charge on any atom is 0.429 e. The minimum absolute atomic E-state index is 0.0759. The summed E-state index contributed by atoms with van der Waals surface area (Å²) in [7, 11) is -2.65. The van der Waals surface area contributed by atoms with Gasteiger partial charge in [-0.3, -0.25) is 0 Å². The van der Waals surface area contributed by atoms with Crippen molar-refractivity contribution >= 4 is 53.6 Å². The van der Waals surface area contributed by atoms with Gasteiger partial charge in [0.1, 0.15) is 0 Å². The highest BCUT2D eigenvalue weighted by Gasteiger charge is 2.46. The van der Waals surface area contributed by atoms with E-state index < -0.39 is 34.1 Å². The molecule has 0 unspecified atom stereocenters. The standard InChI is InChI=1S/C39H29F3O2P2/c40-39(41,42)37(33-25-13-15-27-35(33)45(29-17-5-1-6-18-29)30-19-7-2-8-20-30)44-38(43)34-26-14-16-28-36(34)46(31-21-9-3-10-22-31)32-23-11-4-12-24-32/h1-28,37H/t37-/m1/s1. The normalized spacial score (nSPS) is 12.2. The van der Waals surface area contributed by atoms with E-state index >= 15 is 13.2 Å². The molecule has 0 spiro atoms. The van der Waals surface area contributed by atoms with Crippen LogP contribution in [0.2, 0.25) is 0 Å². The first kappa shape index (κ1) is 31.4. The van der Waals surface area contributed by atoms with Gasteiger partial charge in [0.2, 0.25) is 6.10 Å². The third kappa shape index (κ3) is 6.97. The predicted molar refractivity (Wildman–Crippen MR) is 185 cm³/mol. The number of halogens is 3. The third-order valence-corrected chi connectivity index (χ3v) is 12.4. The van der Waals surface area contributed by atoms with Crippen molar-refractivity contribution in [3.05, 3.63) is 181 Å². The second kappa shape index (κ2) is 14.3. The molecule has 0 bridgehead atoms. The third-order valence-electron chi connectivity index (χ3n) is 7.40. The van der Waals surface area contributed by atoms with Gasteiger partial charge in [0.05, 0.1) is 5.56 Å². The zero-order valence-corrected chi connectivity index (χ0v) is 26.4. The van der Waals surface area contributed by atoms with Crippen LogP contribution in [0.5, 0.6) is 0 Å². The van der Waals surface area contributed by atoms with E-state index in [1.54, 1.807) is 36.4 Å². The van der Waals surface area contributed by atoms with Gasteiger partial charge in [0.25, 0.3) is 0 Å². The second-order valence-corrected chi connectivity index (χ2v) is 14.8. The molecule has 0 aliphatic carbocycles. The molecule has 0 heterocycles. The van der Waals surface area contributed by atoms with Crippen molar-refractivity contribution in [3.8, 4) is 0 Å². The topological polar surface area (TPSA) is 26.3 Å². The molecule has 2 nitrogen and oxygen atoms in total. The van der Waals surface area contributed by atoms with E-state index in [0.29, 0.717) is 10.6 Å². The average Bonchev–Trinajstić information content (AvgIpc) is 3.09. The Morgan fingerprint density at radius 1 is 0.478 bits per heavy atom. The van der Waals surface area contributed by atoms with Gasteiger partial charge in [-0.05, 0) is 53.7 Å². The first-order valence-corrected chi connectivity index (χ1v) is 17.4. The fourth-order valence-electron chi connectivity index (χ4n) is 5.39. The number of hydrogen-bond acceptors (Lipinski definition) is 2. The maximum atomic E-state index is 15.1. The molecule has 46 heavy (non-hydrogen) atoms. The molecule has 0 saturated heterocycles. The number of rotatable bonds is 9. The molecule has 0 N–H and O–H groups in total. The monoisotopic (exact) mass is 648 g/mol. The van der Waals surface area contributed by atoms with Crippen LogP contribution in [0.3, 0.4) is 0 Å². The van der Waals surface area contributed by atoms with Crippen LogP contribution in [0.25, 0.3) is 0 Å². The molecule has 7 heteroatoms. The molecule has 6 aromatic carbocycles. The number of ether oxygens (including phenoxy) is 1. The summed E-state index contributed by atoms with van der Waals surface area (Å²) < 4.78 is 50.7. The molecule has 0 radical (unpaired) electrons. The summed E-state index contributed by atoms with van der Waals surface area (Å²) in [5.74, 6) is -1.02. The summed E-state index contributed by atoms with van der Waals surface area (Å²) in [4.78, 5) is 14.0. The fourth-order valence-corrected chi connectivity index (χ4v) is 10.3. The van der Waals surface area contributed by atoms with Crippen LogP contribution in [0.4, 0.5) is 13.2 Å². The van der Waals surface area contributed by atoms with Crippen molar-refractivity contribution in [2.45, 2.75) is 12.3 Å². The van der Waals surface area contributed by atoms with Crippen molar-refractivity contribution in [2.75, 3.05) is 0 Å². The number of esters is 1. The highest BCUT2D eigenvalue weighted by molar-refractivity contribution is 7.80. The number of hydrogen-bond donors (Lipinski definition) is 0. The average molecular weight is 649 g/mol. The zero-order chi connectivity index (χ0) is 31.9. The smallest absolute Gasteiger partial charge is 0.429 e. The molecule has 0 saturated carbocycles. The number of carbonyl (C=O) groups excluding carboxylic acids is 1. The zero-order valence-electron chi connectivity index (χ0n) is 24.6. The summed E-state index contributed by atoms with van der Waals surface area (Å²) in [6.07, 6.45) is -7.33. The van der Waals surface area contributed by atoms with Gasteiger partial charge >= 0.3 is 12.1 Å². The molecule has 0 aromatic heterocycles. The summed E-state index contributed by atoms with van der Waals surface area (Å²) in [5, 5.41) is 4.84. The number of benzene rings is 6. The molecule has 6 aromatic rings. The van der Waals surface area contributed by atoms with Gasteiger partial charge in [-0.25, -0.2) is 4.79 Å². The molecule has 0 fully saturated rings. The molecule has 0 amide bonds. The van der Waals surface area contributed by atoms with Gasteiger partial charge in [-0.2, -0.15) is 13.2 Å². The molecule has 6 rings (SSSR count). The quantitative estimate of drug-likeness (QED) is 0.119.